The molecule has 1 aromatic rings. The second kappa shape index (κ2) is 7.94. The lowest BCUT2D eigenvalue weighted by molar-refractivity contribution is -0.384. The standard InChI is InChI=1S/C17H25N3O3/c1-13(2)12-18-17(21)14-7-8-15(16(11-14)20(22)23)19-9-5-3-4-6-10-19/h7-8,11,13H,3-6,9-10,12H2,1-2H3,(H,18,21). The maximum atomic E-state index is 12.1. The van der Waals surface area contributed by atoms with Crippen LogP contribution in [0.3, 0.4) is 0 Å². The van der Waals surface area contributed by atoms with Crippen molar-refractivity contribution in [1.82, 2.24) is 5.32 Å². The van der Waals surface area contributed by atoms with E-state index in [1.54, 1.807) is 12.1 Å². The number of carbonyl (C=O) groups excluding carboxylic acids is 1. The van der Waals surface area contributed by atoms with Crippen LogP contribution in [0.25, 0.3) is 0 Å². The van der Waals surface area contributed by atoms with Gasteiger partial charge in [0.1, 0.15) is 5.69 Å². The van der Waals surface area contributed by atoms with Gasteiger partial charge in [0.15, 0.2) is 0 Å². The van der Waals surface area contributed by atoms with E-state index in [0.717, 1.165) is 25.9 Å². The number of carbonyl (C=O) groups is 1. The van der Waals surface area contributed by atoms with Crippen molar-refractivity contribution in [2.45, 2.75) is 39.5 Å². The lowest BCUT2D eigenvalue weighted by Gasteiger charge is -2.22. The molecule has 1 aliphatic rings. The van der Waals surface area contributed by atoms with Crippen LogP contribution in [-0.2, 0) is 0 Å². The number of amides is 1. The van der Waals surface area contributed by atoms with Crippen molar-refractivity contribution in [2.24, 2.45) is 5.92 Å². The van der Waals surface area contributed by atoms with Crippen molar-refractivity contribution in [1.29, 1.82) is 0 Å². The minimum absolute atomic E-state index is 0.0177. The van der Waals surface area contributed by atoms with E-state index in [4.69, 9.17) is 0 Å². The summed E-state index contributed by atoms with van der Waals surface area (Å²) in [6, 6.07) is 4.80. The molecule has 2 rings (SSSR count). The number of benzene rings is 1. The van der Waals surface area contributed by atoms with E-state index in [-0.39, 0.29) is 16.5 Å². The van der Waals surface area contributed by atoms with Gasteiger partial charge in [-0.2, -0.15) is 0 Å². The van der Waals surface area contributed by atoms with E-state index in [9.17, 15) is 14.9 Å². The van der Waals surface area contributed by atoms with Gasteiger partial charge in [-0.1, -0.05) is 26.7 Å². The van der Waals surface area contributed by atoms with E-state index in [2.05, 4.69) is 10.2 Å². The van der Waals surface area contributed by atoms with Gasteiger partial charge >= 0.3 is 0 Å². The number of nitrogens with zero attached hydrogens (tertiary/aromatic N) is 2. The molecular weight excluding hydrogens is 294 g/mol. The van der Waals surface area contributed by atoms with Gasteiger partial charge < -0.3 is 10.2 Å². The lowest BCUT2D eigenvalue weighted by Crippen LogP contribution is -2.28. The molecule has 1 saturated heterocycles. The molecule has 1 fully saturated rings. The zero-order valence-corrected chi connectivity index (χ0v) is 13.9. The number of nitrogens with one attached hydrogen (secondary N) is 1. The van der Waals surface area contributed by atoms with E-state index in [1.807, 2.05) is 13.8 Å². The molecule has 6 nitrogen and oxygen atoms in total. The SMILES string of the molecule is CC(C)CNC(=O)c1ccc(N2CCCCCC2)c([N+](=O)[O-])c1. The predicted octanol–water partition coefficient (Wildman–Crippen LogP) is 3.36. The summed E-state index contributed by atoms with van der Waals surface area (Å²) in [5.74, 6) is 0.0783. The summed E-state index contributed by atoms with van der Waals surface area (Å²) in [6.07, 6.45) is 4.43. The number of rotatable bonds is 5. The fraction of sp³-hybridized carbons (Fsp3) is 0.588. The third kappa shape index (κ3) is 4.68. The maximum absolute atomic E-state index is 12.1. The van der Waals surface area contributed by atoms with Crippen LogP contribution in [0.5, 0.6) is 0 Å². The molecule has 0 aliphatic carbocycles. The average molecular weight is 319 g/mol. The highest BCUT2D eigenvalue weighted by Crippen LogP contribution is 2.31. The smallest absolute Gasteiger partial charge is 0.293 e. The van der Waals surface area contributed by atoms with Gasteiger partial charge in [0.05, 0.1) is 4.92 Å². The summed E-state index contributed by atoms with van der Waals surface area (Å²) in [6.45, 7) is 6.23. The average Bonchev–Trinajstić information content (AvgIpc) is 2.81. The summed E-state index contributed by atoms with van der Waals surface area (Å²) in [5.41, 5.74) is 0.984. The summed E-state index contributed by atoms with van der Waals surface area (Å²) in [4.78, 5) is 25.2. The first kappa shape index (κ1) is 17.2. The van der Waals surface area contributed by atoms with Crippen molar-refractivity contribution in [3.05, 3.63) is 33.9 Å². The first-order valence-electron chi connectivity index (χ1n) is 8.30. The Bertz CT molecular complexity index is 564. The number of hydrogen-bond acceptors (Lipinski definition) is 4. The van der Waals surface area contributed by atoms with Crippen molar-refractivity contribution in [3.63, 3.8) is 0 Å². The Morgan fingerprint density at radius 2 is 1.91 bits per heavy atom. The lowest BCUT2D eigenvalue weighted by atomic mass is 10.1. The molecule has 1 N–H and O–H groups in total. The van der Waals surface area contributed by atoms with E-state index in [0.29, 0.717) is 23.7 Å². The number of nitro groups is 1. The van der Waals surface area contributed by atoms with Crippen LogP contribution in [0.1, 0.15) is 49.9 Å². The minimum atomic E-state index is -0.389. The van der Waals surface area contributed by atoms with Crippen LogP contribution in [0, 0.1) is 16.0 Å². The first-order chi connectivity index (χ1) is 11.0. The maximum Gasteiger partial charge on any atom is 0.293 e. The molecule has 0 unspecified atom stereocenters. The monoisotopic (exact) mass is 319 g/mol. The quantitative estimate of drug-likeness (QED) is 0.667. The van der Waals surface area contributed by atoms with Crippen LogP contribution in [0.2, 0.25) is 0 Å². The zero-order valence-electron chi connectivity index (χ0n) is 13.9. The van der Waals surface area contributed by atoms with Gasteiger partial charge in [0.25, 0.3) is 11.6 Å². The minimum Gasteiger partial charge on any atom is -0.366 e. The summed E-state index contributed by atoms with van der Waals surface area (Å²) in [7, 11) is 0. The molecule has 0 aromatic heterocycles. The molecule has 0 saturated carbocycles. The van der Waals surface area contributed by atoms with Gasteiger partial charge in [-0.25, -0.2) is 0 Å². The molecular formula is C17H25N3O3. The molecule has 126 valence electrons. The van der Waals surface area contributed by atoms with Crippen LogP contribution in [0.15, 0.2) is 18.2 Å². The van der Waals surface area contributed by atoms with Crippen LogP contribution >= 0.6 is 0 Å². The summed E-state index contributed by atoms with van der Waals surface area (Å²) >= 11 is 0. The predicted molar refractivity (Wildman–Crippen MR) is 90.9 cm³/mol. The van der Waals surface area contributed by atoms with E-state index in [1.165, 1.54) is 18.9 Å². The van der Waals surface area contributed by atoms with E-state index >= 15 is 0 Å². The van der Waals surface area contributed by atoms with Gasteiger partial charge in [0.2, 0.25) is 0 Å². The van der Waals surface area contributed by atoms with E-state index < -0.39 is 0 Å². The molecule has 0 spiro atoms. The molecule has 0 bridgehead atoms. The van der Waals surface area contributed by atoms with Crippen LogP contribution in [0.4, 0.5) is 11.4 Å². The second-order valence-corrected chi connectivity index (χ2v) is 6.47. The Morgan fingerprint density at radius 3 is 2.48 bits per heavy atom. The molecule has 1 aliphatic heterocycles. The number of anilines is 1. The fourth-order valence-corrected chi connectivity index (χ4v) is 2.79. The third-order valence-electron chi connectivity index (χ3n) is 4.05. The van der Waals surface area contributed by atoms with Gasteiger partial charge in [0, 0.05) is 31.3 Å². The summed E-state index contributed by atoms with van der Waals surface area (Å²) < 4.78 is 0. The van der Waals surface area contributed by atoms with Crippen molar-refractivity contribution in [2.75, 3.05) is 24.5 Å². The van der Waals surface area contributed by atoms with Crippen molar-refractivity contribution >= 4 is 17.3 Å². The molecule has 23 heavy (non-hydrogen) atoms. The molecule has 0 radical (unpaired) electrons. The zero-order chi connectivity index (χ0) is 16.8. The van der Waals surface area contributed by atoms with Gasteiger partial charge in [-0.05, 0) is 30.9 Å². The van der Waals surface area contributed by atoms with Crippen LogP contribution < -0.4 is 10.2 Å². The van der Waals surface area contributed by atoms with Gasteiger partial charge in [-0.3, -0.25) is 14.9 Å². The second-order valence-electron chi connectivity index (χ2n) is 6.47. The molecule has 1 heterocycles. The Labute approximate surface area is 137 Å². The Kier molecular flexibility index (Phi) is 5.96. The normalized spacial score (nSPS) is 15.3. The Hall–Kier alpha value is -2.11. The third-order valence-corrected chi connectivity index (χ3v) is 4.05. The highest BCUT2D eigenvalue weighted by atomic mass is 16.6. The first-order valence-corrected chi connectivity index (χ1v) is 8.30. The molecule has 6 heteroatoms. The fourth-order valence-electron chi connectivity index (χ4n) is 2.79. The largest absolute Gasteiger partial charge is 0.366 e. The molecule has 1 aromatic carbocycles. The highest BCUT2D eigenvalue weighted by molar-refractivity contribution is 5.95. The highest BCUT2D eigenvalue weighted by Gasteiger charge is 2.22. The number of hydrogen-bond donors (Lipinski definition) is 1. The topological polar surface area (TPSA) is 75.5 Å². The Morgan fingerprint density at radius 1 is 1.26 bits per heavy atom. The molecule has 1 amide bonds. The van der Waals surface area contributed by atoms with Crippen molar-refractivity contribution < 1.29 is 9.72 Å². The van der Waals surface area contributed by atoms with Crippen LogP contribution in [-0.4, -0.2) is 30.5 Å². The Balaban J connectivity index is 2.23. The number of nitro benzene ring substituents is 1. The summed E-state index contributed by atoms with van der Waals surface area (Å²) in [5, 5.41) is 14.2. The van der Waals surface area contributed by atoms with Gasteiger partial charge in [-0.15, -0.1) is 0 Å². The molecule has 0 atom stereocenters. The van der Waals surface area contributed by atoms with Crippen molar-refractivity contribution in [3.8, 4) is 0 Å².